The van der Waals surface area contributed by atoms with Gasteiger partial charge >= 0.3 is 0 Å². The zero-order valence-corrected chi connectivity index (χ0v) is 13.4. The van der Waals surface area contributed by atoms with Crippen LogP contribution in [0.4, 0.5) is 0 Å². The topological polar surface area (TPSA) is 23.5 Å². The normalized spacial score (nSPS) is 13.4. The molecule has 0 spiro atoms. The van der Waals surface area contributed by atoms with E-state index in [-0.39, 0.29) is 6.04 Å². The van der Waals surface area contributed by atoms with Gasteiger partial charge in [0.2, 0.25) is 0 Å². The van der Waals surface area contributed by atoms with Gasteiger partial charge in [-0.15, -0.1) is 0 Å². The van der Waals surface area contributed by atoms with Gasteiger partial charge in [-0.25, -0.2) is 0 Å². The number of benzene rings is 2. The zero-order chi connectivity index (χ0) is 15.8. The smallest absolute Gasteiger partial charge is 0.0813 e. The minimum Gasteiger partial charge on any atom is -0.313 e. The summed E-state index contributed by atoms with van der Waals surface area (Å²) in [5.41, 5.74) is 3.49. The first-order valence-electron chi connectivity index (χ1n) is 7.99. The van der Waals surface area contributed by atoms with Gasteiger partial charge in [0.25, 0.3) is 0 Å². The van der Waals surface area contributed by atoms with E-state index in [1.807, 2.05) is 48.5 Å². The summed E-state index contributed by atoms with van der Waals surface area (Å²) in [7, 11) is 0. The van der Waals surface area contributed by atoms with Gasteiger partial charge in [0.15, 0.2) is 0 Å². The van der Waals surface area contributed by atoms with E-state index in [1.165, 1.54) is 10.6 Å². The van der Waals surface area contributed by atoms with Crippen molar-refractivity contribution < 1.29 is 5.21 Å². The van der Waals surface area contributed by atoms with E-state index in [9.17, 15) is 5.21 Å². The molecule has 0 aliphatic carbocycles. The van der Waals surface area contributed by atoms with E-state index < -0.39 is 0 Å². The van der Waals surface area contributed by atoms with Crippen molar-refractivity contribution in [1.29, 1.82) is 0 Å². The van der Waals surface area contributed by atoms with Crippen molar-refractivity contribution >= 4 is 0 Å². The van der Waals surface area contributed by atoms with E-state index in [0.717, 1.165) is 24.0 Å². The molecule has 0 fully saturated rings. The van der Waals surface area contributed by atoms with Gasteiger partial charge in [0.05, 0.1) is 6.04 Å². The van der Waals surface area contributed by atoms with Gasteiger partial charge in [0, 0.05) is 6.54 Å². The first-order valence-corrected chi connectivity index (χ1v) is 7.99. The molecule has 0 aromatic heterocycles. The van der Waals surface area contributed by atoms with Crippen LogP contribution < -0.4 is 0 Å². The maximum atomic E-state index is 10.7. The Morgan fingerprint density at radius 2 is 1.59 bits per heavy atom. The van der Waals surface area contributed by atoms with Crippen LogP contribution in [0.5, 0.6) is 0 Å². The summed E-state index contributed by atoms with van der Waals surface area (Å²) in [6.45, 7) is 4.80. The summed E-state index contributed by atoms with van der Waals surface area (Å²) in [5.74, 6) is 0. The standard InChI is InChI=1S/C20H25NO/c1-3-11-18(4-2)20(19-14-9-6-10-15-19)21(22)16-17-12-7-5-8-13-17/h5-15,20,22H,3-4,16H2,1-2H3/b18-11+. The Hall–Kier alpha value is -1.90. The monoisotopic (exact) mass is 295 g/mol. The van der Waals surface area contributed by atoms with Gasteiger partial charge in [0.1, 0.15) is 0 Å². The van der Waals surface area contributed by atoms with Crippen LogP contribution in [0.25, 0.3) is 0 Å². The second kappa shape index (κ2) is 8.52. The van der Waals surface area contributed by atoms with E-state index in [4.69, 9.17) is 0 Å². The summed E-state index contributed by atoms with van der Waals surface area (Å²) in [6, 6.07) is 20.2. The molecule has 0 bridgehead atoms. The molecule has 2 aromatic rings. The highest BCUT2D eigenvalue weighted by Crippen LogP contribution is 2.30. The van der Waals surface area contributed by atoms with Crippen molar-refractivity contribution in [2.45, 2.75) is 39.3 Å². The summed E-state index contributed by atoms with van der Waals surface area (Å²) >= 11 is 0. The van der Waals surface area contributed by atoms with Gasteiger partial charge in [-0.3, -0.25) is 0 Å². The van der Waals surface area contributed by atoms with Gasteiger partial charge < -0.3 is 5.21 Å². The van der Waals surface area contributed by atoms with Crippen molar-refractivity contribution in [3.8, 4) is 0 Å². The van der Waals surface area contributed by atoms with Crippen LogP contribution in [0, 0.1) is 0 Å². The Balaban J connectivity index is 2.29. The van der Waals surface area contributed by atoms with Crippen LogP contribution in [-0.4, -0.2) is 10.3 Å². The van der Waals surface area contributed by atoms with Crippen LogP contribution in [-0.2, 0) is 6.54 Å². The molecule has 0 aliphatic rings. The van der Waals surface area contributed by atoms with Crippen molar-refractivity contribution in [3.05, 3.63) is 83.4 Å². The van der Waals surface area contributed by atoms with Gasteiger partial charge in [-0.1, -0.05) is 86.2 Å². The third-order valence-corrected chi connectivity index (χ3v) is 3.83. The molecular weight excluding hydrogens is 270 g/mol. The molecule has 2 rings (SSSR count). The number of hydroxylamine groups is 2. The quantitative estimate of drug-likeness (QED) is 0.548. The van der Waals surface area contributed by atoms with E-state index in [1.54, 1.807) is 0 Å². The van der Waals surface area contributed by atoms with Crippen LogP contribution in [0.3, 0.4) is 0 Å². The lowest BCUT2D eigenvalue weighted by atomic mass is 9.95. The summed E-state index contributed by atoms with van der Waals surface area (Å²) < 4.78 is 0. The molecular formula is C20H25NO. The van der Waals surface area contributed by atoms with Crippen molar-refractivity contribution in [2.24, 2.45) is 0 Å². The number of allylic oxidation sites excluding steroid dienone is 1. The average Bonchev–Trinajstić information content (AvgIpc) is 2.56. The maximum Gasteiger partial charge on any atom is 0.0813 e. The third kappa shape index (κ3) is 4.30. The zero-order valence-electron chi connectivity index (χ0n) is 13.4. The lowest BCUT2D eigenvalue weighted by Crippen LogP contribution is -2.26. The summed E-state index contributed by atoms with van der Waals surface area (Å²) in [4.78, 5) is 0. The van der Waals surface area contributed by atoms with Crippen LogP contribution in [0.15, 0.2) is 72.3 Å². The first-order chi connectivity index (χ1) is 10.8. The highest BCUT2D eigenvalue weighted by atomic mass is 16.5. The van der Waals surface area contributed by atoms with Crippen LogP contribution >= 0.6 is 0 Å². The number of rotatable bonds is 7. The van der Waals surface area contributed by atoms with E-state index >= 15 is 0 Å². The largest absolute Gasteiger partial charge is 0.313 e. The average molecular weight is 295 g/mol. The first kappa shape index (κ1) is 16.5. The Kier molecular flexibility index (Phi) is 6.38. The molecule has 116 valence electrons. The highest BCUT2D eigenvalue weighted by Gasteiger charge is 2.22. The molecule has 0 saturated heterocycles. The molecule has 1 N–H and O–H groups in total. The Morgan fingerprint density at radius 1 is 1.00 bits per heavy atom. The molecule has 1 atom stereocenters. The second-order valence-corrected chi connectivity index (χ2v) is 5.44. The molecule has 2 heteroatoms. The van der Waals surface area contributed by atoms with Crippen LogP contribution in [0.1, 0.15) is 43.9 Å². The fraction of sp³-hybridized carbons (Fsp3) is 0.300. The Labute approximate surface area is 133 Å². The molecule has 0 heterocycles. The minimum absolute atomic E-state index is 0.0913. The summed E-state index contributed by atoms with van der Waals surface area (Å²) in [5, 5.41) is 12.2. The number of hydrogen-bond donors (Lipinski definition) is 1. The van der Waals surface area contributed by atoms with Crippen molar-refractivity contribution in [2.75, 3.05) is 0 Å². The predicted molar refractivity (Wildman–Crippen MR) is 91.6 cm³/mol. The third-order valence-electron chi connectivity index (χ3n) is 3.83. The predicted octanol–water partition coefficient (Wildman–Crippen LogP) is 5.37. The molecule has 0 aliphatic heterocycles. The Morgan fingerprint density at radius 3 is 2.14 bits per heavy atom. The fourth-order valence-corrected chi connectivity index (χ4v) is 2.79. The van der Waals surface area contributed by atoms with Crippen LogP contribution in [0.2, 0.25) is 0 Å². The van der Waals surface area contributed by atoms with E-state index in [2.05, 4.69) is 32.1 Å². The fourth-order valence-electron chi connectivity index (χ4n) is 2.79. The molecule has 22 heavy (non-hydrogen) atoms. The van der Waals surface area contributed by atoms with E-state index in [0.29, 0.717) is 6.54 Å². The maximum absolute atomic E-state index is 10.7. The SMILES string of the molecule is CC/C=C(\CC)C(c1ccccc1)N(O)Cc1ccccc1. The molecule has 0 saturated carbocycles. The molecule has 2 nitrogen and oxygen atoms in total. The summed E-state index contributed by atoms with van der Waals surface area (Å²) in [6.07, 6.45) is 4.14. The molecule has 1 unspecified atom stereocenters. The van der Waals surface area contributed by atoms with Gasteiger partial charge in [-0.05, 0) is 24.0 Å². The molecule has 2 aromatic carbocycles. The molecule has 0 radical (unpaired) electrons. The van der Waals surface area contributed by atoms with Crippen molar-refractivity contribution in [1.82, 2.24) is 5.06 Å². The lowest BCUT2D eigenvalue weighted by Gasteiger charge is -2.29. The highest BCUT2D eigenvalue weighted by molar-refractivity contribution is 5.28. The number of hydrogen-bond acceptors (Lipinski definition) is 2. The minimum atomic E-state index is -0.0913. The lowest BCUT2D eigenvalue weighted by molar-refractivity contribution is -0.127. The van der Waals surface area contributed by atoms with Gasteiger partial charge in [-0.2, -0.15) is 5.06 Å². The van der Waals surface area contributed by atoms with Crippen molar-refractivity contribution in [3.63, 3.8) is 0 Å². The Bertz CT molecular complexity index is 577. The molecule has 0 amide bonds. The second-order valence-electron chi connectivity index (χ2n) is 5.44. The number of nitrogens with zero attached hydrogens (tertiary/aromatic N) is 1.